The Kier molecular flexibility index (Phi) is 5.90. The Balaban J connectivity index is 1.67. The van der Waals surface area contributed by atoms with Crippen molar-refractivity contribution in [3.63, 3.8) is 0 Å². The molecule has 0 spiro atoms. The number of rotatable bonds is 7. The van der Waals surface area contributed by atoms with Crippen LogP contribution in [0, 0.1) is 0 Å². The van der Waals surface area contributed by atoms with Gasteiger partial charge in [-0.15, -0.1) is 0 Å². The van der Waals surface area contributed by atoms with Gasteiger partial charge >= 0.3 is 0 Å². The zero-order valence-corrected chi connectivity index (χ0v) is 16.2. The van der Waals surface area contributed by atoms with E-state index in [1.807, 2.05) is 6.07 Å². The summed E-state index contributed by atoms with van der Waals surface area (Å²) in [6.07, 6.45) is 3.46. The second kappa shape index (κ2) is 8.16. The summed E-state index contributed by atoms with van der Waals surface area (Å²) in [5, 5.41) is 3.39. The number of aromatic amines is 1. The summed E-state index contributed by atoms with van der Waals surface area (Å²) >= 11 is 0. The minimum absolute atomic E-state index is 0.303. The van der Waals surface area contributed by atoms with Crippen LogP contribution in [0.4, 0.5) is 5.82 Å². The molecule has 0 radical (unpaired) electrons. The first-order valence-corrected chi connectivity index (χ1v) is 10.5. The van der Waals surface area contributed by atoms with Gasteiger partial charge in [0.1, 0.15) is 17.6 Å². The van der Waals surface area contributed by atoms with Crippen LogP contribution in [0.2, 0.25) is 0 Å². The molecule has 26 heavy (non-hydrogen) atoms. The minimum Gasteiger partial charge on any atom is -0.330 e. The van der Waals surface area contributed by atoms with E-state index in [1.54, 1.807) is 22.6 Å². The Morgan fingerprint density at radius 2 is 1.81 bits per heavy atom. The van der Waals surface area contributed by atoms with Crippen LogP contribution >= 0.6 is 0 Å². The Bertz CT molecular complexity index is 801. The molecule has 0 unspecified atom stereocenters. The van der Waals surface area contributed by atoms with Crippen LogP contribution in [0.3, 0.4) is 0 Å². The zero-order chi connectivity index (χ0) is 18.6. The van der Waals surface area contributed by atoms with Crippen LogP contribution in [-0.2, 0) is 10.0 Å². The van der Waals surface area contributed by atoms with Crippen molar-refractivity contribution in [2.45, 2.75) is 23.8 Å². The van der Waals surface area contributed by atoms with E-state index in [4.69, 9.17) is 0 Å². The number of quaternary nitrogens is 1. The van der Waals surface area contributed by atoms with Crippen molar-refractivity contribution in [1.29, 1.82) is 0 Å². The molecule has 2 aromatic rings. The third-order valence-corrected chi connectivity index (χ3v) is 6.78. The number of hydrogen-bond donors (Lipinski definition) is 2. The first-order valence-electron chi connectivity index (χ1n) is 9.09. The third kappa shape index (κ3) is 4.23. The fourth-order valence-corrected chi connectivity index (χ4v) is 4.80. The average Bonchev–Trinajstić information content (AvgIpc) is 3.18. The lowest BCUT2D eigenvalue weighted by molar-refractivity contribution is -0.890. The maximum Gasteiger partial charge on any atom is 0.272 e. The molecule has 1 atom stereocenters. The van der Waals surface area contributed by atoms with E-state index in [1.165, 1.54) is 10.5 Å². The van der Waals surface area contributed by atoms with E-state index >= 15 is 0 Å². The summed E-state index contributed by atoms with van der Waals surface area (Å²) in [6.45, 7) is 1.99. The molecule has 3 rings (SSSR count). The number of nitrogens with zero attached hydrogens (tertiary/aromatic N) is 1. The second-order valence-electron chi connectivity index (χ2n) is 6.97. The van der Waals surface area contributed by atoms with Gasteiger partial charge in [-0.05, 0) is 18.9 Å². The van der Waals surface area contributed by atoms with Gasteiger partial charge in [0.2, 0.25) is 10.0 Å². The van der Waals surface area contributed by atoms with E-state index in [0.29, 0.717) is 24.0 Å². The minimum atomic E-state index is -3.37. The van der Waals surface area contributed by atoms with Gasteiger partial charge in [-0.1, -0.05) is 30.3 Å². The number of nitrogens with one attached hydrogen (secondary N) is 3. The molecule has 7 heteroatoms. The predicted molar refractivity (Wildman–Crippen MR) is 101 cm³/mol. The normalized spacial score (nSPS) is 16.7. The van der Waals surface area contributed by atoms with Gasteiger partial charge in [0, 0.05) is 24.7 Å². The molecule has 1 aliphatic rings. The molecule has 0 amide bonds. The topological polar surface area (TPSA) is 68.0 Å². The fraction of sp³-hybridized carbons (Fsp3) is 0.421. The Labute approximate surface area is 155 Å². The molecule has 140 valence electrons. The number of anilines is 1. The molecule has 3 N–H and O–H groups in total. The molecular formula is C19H28N4O2S+2. The van der Waals surface area contributed by atoms with Crippen molar-refractivity contribution in [2.24, 2.45) is 0 Å². The highest BCUT2D eigenvalue weighted by molar-refractivity contribution is 7.89. The summed E-state index contributed by atoms with van der Waals surface area (Å²) in [5.74, 6) is 0.813. The first kappa shape index (κ1) is 18.8. The zero-order valence-electron chi connectivity index (χ0n) is 15.4. The van der Waals surface area contributed by atoms with E-state index in [-0.39, 0.29) is 0 Å². The van der Waals surface area contributed by atoms with Crippen molar-refractivity contribution in [3.8, 4) is 0 Å². The van der Waals surface area contributed by atoms with Gasteiger partial charge in [-0.3, -0.25) is 5.32 Å². The van der Waals surface area contributed by atoms with Crippen molar-refractivity contribution in [3.05, 3.63) is 54.2 Å². The van der Waals surface area contributed by atoms with Gasteiger partial charge in [0.25, 0.3) is 5.82 Å². The maximum atomic E-state index is 12.6. The number of H-pyrrole nitrogens is 1. The van der Waals surface area contributed by atoms with Crippen LogP contribution in [-0.4, -0.2) is 46.5 Å². The largest absolute Gasteiger partial charge is 0.330 e. The third-order valence-electron chi connectivity index (χ3n) is 4.88. The molecule has 1 fully saturated rings. The standard InChI is InChI=1S/C19H26N4O2S/c1-22(2)18(16-8-4-3-5-9-16)15-21-19-11-10-17(14-20-19)26(24,25)23-12-6-7-13-23/h3-5,8-11,14,18H,6-7,12-13,15H2,1-2H3,(H,20,21)/p+2/t18-/m0/s1. The van der Waals surface area contributed by atoms with E-state index in [0.717, 1.165) is 25.2 Å². The Morgan fingerprint density at radius 1 is 1.12 bits per heavy atom. The highest BCUT2D eigenvalue weighted by atomic mass is 32.2. The van der Waals surface area contributed by atoms with Crippen molar-refractivity contribution < 1.29 is 18.3 Å². The van der Waals surface area contributed by atoms with Crippen LogP contribution in [0.5, 0.6) is 0 Å². The van der Waals surface area contributed by atoms with Crippen LogP contribution < -0.4 is 15.2 Å². The second-order valence-corrected chi connectivity index (χ2v) is 8.91. The highest BCUT2D eigenvalue weighted by Gasteiger charge is 2.28. The fourth-order valence-electron chi connectivity index (χ4n) is 3.31. The lowest BCUT2D eigenvalue weighted by Gasteiger charge is -2.20. The van der Waals surface area contributed by atoms with E-state index in [9.17, 15) is 8.42 Å². The number of sulfonamides is 1. The maximum absolute atomic E-state index is 12.6. The summed E-state index contributed by atoms with van der Waals surface area (Å²) in [5.41, 5.74) is 1.27. The van der Waals surface area contributed by atoms with Crippen molar-refractivity contribution >= 4 is 15.8 Å². The Hall–Kier alpha value is -1.96. The SMILES string of the molecule is C[NH+](C)[C@@H](CNc1ccc(S(=O)(=O)N2CCCC2)c[nH+]1)c1ccccc1. The quantitative estimate of drug-likeness (QED) is 0.743. The molecule has 0 aliphatic carbocycles. The molecule has 1 aliphatic heterocycles. The summed E-state index contributed by atoms with van der Waals surface area (Å²) < 4.78 is 26.7. The van der Waals surface area contributed by atoms with Gasteiger partial charge < -0.3 is 4.90 Å². The number of pyridine rings is 1. The molecule has 0 saturated carbocycles. The Morgan fingerprint density at radius 3 is 2.38 bits per heavy atom. The average molecular weight is 377 g/mol. The van der Waals surface area contributed by atoms with Crippen molar-refractivity contribution in [1.82, 2.24) is 4.31 Å². The smallest absolute Gasteiger partial charge is 0.272 e. The molecule has 1 aromatic carbocycles. The monoisotopic (exact) mass is 376 g/mol. The molecule has 1 saturated heterocycles. The number of benzene rings is 1. The van der Waals surface area contributed by atoms with Crippen LogP contribution in [0.1, 0.15) is 24.4 Å². The van der Waals surface area contributed by atoms with Gasteiger partial charge in [-0.25, -0.2) is 13.4 Å². The molecule has 1 aromatic heterocycles. The number of likely N-dealkylation sites (N-methyl/N-ethyl adjacent to an activating group) is 1. The van der Waals surface area contributed by atoms with E-state index < -0.39 is 10.0 Å². The number of hydrogen-bond acceptors (Lipinski definition) is 3. The molecule has 0 bridgehead atoms. The van der Waals surface area contributed by atoms with Gasteiger partial charge in [0.15, 0.2) is 6.04 Å². The molecular weight excluding hydrogens is 348 g/mol. The van der Waals surface area contributed by atoms with Crippen LogP contribution in [0.25, 0.3) is 0 Å². The highest BCUT2D eigenvalue weighted by Crippen LogP contribution is 2.20. The summed E-state index contributed by atoms with van der Waals surface area (Å²) in [7, 11) is 0.894. The lowest BCUT2D eigenvalue weighted by atomic mass is 10.1. The lowest BCUT2D eigenvalue weighted by Crippen LogP contribution is -3.06. The first-order chi connectivity index (χ1) is 12.5. The van der Waals surface area contributed by atoms with Gasteiger partial charge in [-0.2, -0.15) is 4.31 Å². The predicted octanol–water partition coefficient (Wildman–Crippen LogP) is 0.583. The summed E-state index contributed by atoms with van der Waals surface area (Å²) in [6, 6.07) is 14.2. The van der Waals surface area contributed by atoms with E-state index in [2.05, 4.69) is 48.7 Å². The molecule has 2 heterocycles. The van der Waals surface area contributed by atoms with Crippen LogP contribution in [0.15, 0.2) is 53.6 Å². The van der Waals surface area contributed by atoms with Crippen molar-refractivity contribution in [2.75, 3.05) is 39.0 Å². The summed E-state index contributed by atoms with van der Waals surface area (Å²) in [4.78, 5) is 4.74. The van der Waals surface area contributed by atoms with Gasteiger partial charge in [0.05, 0.1) is 14.1 Å². The molecule has 6 nitrogen and oxygen atoms in total. The number of aromatic nitrogens is 1.